The second kappa shape index (κ2) is 6.52. The summed E-state index contributed by atoms with van der Waals surface area (Å²) in [6, 6.07) is 5.25. The van der Waals surface area contributed by atoms with E-state index < -0.39 is 0 Å². The predicted octanol–water partition coefficient (Wildman–Crippen LogP) is 2.40. The van der Waals surface area contributed by atoms with Gasteiger partial charge < -0.3 is 10.2 Å². The Morgan fingerprint density at radius 1 is 1.30 bits per heavy atom. The molecule has 1 fully saturated rings. The van der Waals surface area contributed by atoms with E-state index in [0.717, 1.165) is 30.8 Å². The van der Waals surface area contributed by atoms with Gasteiger partial charge in [-0.15, -0.1) is 0 Å². The SMILES string of the molecule is CC1CCCN(C(=O)CCC(=O)c2ccc3c(c2)CC(=O)N3)C1. The number of amides is 2. The molecule has 2 aliphatic rings. The number of anilines is 1. The lowest BCUT2D eigenvalue weighted by atomic mass is 9.99. The first-order valence-electron chi connectivity index (χ1n) is 8.26. The molecular weight excluding hydrogens is 292 g/mol. The first-order valence-corrected chi connectivity index (χ1v) is 8.26. The standard InChI is InChI=1S/C18H22N2O3/c1-12-3-2-8-20(11-12)18(23)7-6-16(21)13-4-5-15-14(9-13)10-17(22)19-15/h4-5,9,12H,2-3,6-8,10-11H2,1H3,(H,19,22). The Morgan fingerprint density at radius 2 is 2.13 bits per heavy atom. The second-order valence-corrected chi connectivity index (χ2v) is 6.61. The molecule has 122 valence electrons. The number of likely N-dealkylation sites (tertiary alicyclic amines) is 1. The van der Waals surface area contributed by atoms with Gasteiger partial charge in [0.05, 0.1) is 6.42 Å². The smallest absolute Gasteiger partial charge is 0.228 e. The molecule has 5 nitrogen and oxygen atoms in total. The summed E-state index contributed by atoms with van der Waals surface area (Å²) in [6.45, 7) is 3.77. The van der Waals surface area contributed by atoms with Crippen LogP contribution in [0, 0.1) is 5.92 Å². The molecule has 0 spiro atoms. The summed E-state index contributed by atoms with van der Waals surface area (Å²) in [5, 5.41) is 2.75. The highest BCUT2D eigenvalue weighted by Crippen LogP contribution is 2.24. The largest absolute Gasteiger partial charge is 0.342 e. The van der Waals surface area contributed by atoms with Gasteiger partial charge in [0.1, 0.15) is 0 Å². The summed E-state index contributed by atoms with van der Waals surface area (Å²) < 4.78 is 0. The van der Waals surface area contributed by atoms with Crippen molar-refractivity contribution in [2.45, 2.75) is 39.0 Å². The number of fused-ring (bicyclic) bond motifs is 1. The average molecular weight is 314 g/mol. The van der Waals surface area contributed by atoms with Crippen LogP contribution >= 0.6 is 0 Å². The van der Waals surface area contributed by atoms with E-state index in [1.54, 1.807) is 18.2 Å². The molecule has 2 amide bonds. The van der Waals surface area contributed by atoms with Gasteiger partial charge in [0.2, 0.25) is 11.8 Å². The molecule has 0 aromatic heterocycles. The minimum absolute atomic E-state index is 0.0365. The minimum atomic E-state index is -0.0426. The van der Waals surface area contributed by atoms with Gasteiger partial charge in [-0.2, -0.15) is 0 Å². The topological polar surface area (TPSA) is 66.5 Å². The van der Waals surface area contributed by atoms with Gasteiger partial charge in [0.15, 0.2) is 5.78 Å². The first-order chi connectivity index (χ1) is 11.0. The number of nitrogens with one attached hydrogen (secondary N) is 1. The third-order valence-electron chi connectivity index (χ3n) is 4.63. The molecule has 3 rings (SSSR count). The Balaban J connectivity index is 1.56. The van der Waals surface area contributed by atoms with Gasteiger partial charge in [0.25, 0.3) is 0 Å². The van der Waals surface area contributed by atoms with Crippen molar-refractivity contribution < 1.29 is 14.4 Å². The molecule has 0 radical (unpaired) electrons. The van der Waals surface area contributed by atoms with Crippen LogP contribution in [0.3, 0.4) is 0 Å². The van der Waals surface area contributed by atoms with E-state index in [1.165, 1.54) is 6.42 Å². The molecule has 1 unspecified atom stereocenters. The first kappa shape index (κ1) is 15.7. The Kier molecular flexibility index (Phi) is 4.46. The maximum atomic E-state index is 12.3. The highest BCUT2D eigenvalue weighted by molar-refractivity contribution is 6.02. The molecule has 1 saturated heterocycles. The number of ketones is 1. The van der Waals surface area contributed by atoms with Crippen LogP contribution < -0.4 is 5.32 Å². The Hall–Kier alpha value is -2.17. The number of Topliss-reactive ketones (excluding diaryl/α,β-unsaturated/α-hetero) is 1. The fraction of sp³-hybridized carbons (Fsp3) is 0.500. The Labute approximate surface area is 136 Å². The molecular formula is C18H22N2O3. The van der Waals surface area contributed by atoms with Crippen molar-refractivity contribution in [2.75, 3.05) is 18.4 Å². The van der Waals surface area contributed by atoms with Crippen molar-refractivity contribution in [3.63, 3.8) is 0 Å². The zero-order valence-electron chi connectivity index (χ0n) is 13.4. The predicted molar refractivity (Wildman–Crippen MR) is 87.3 cm³/mol. The average Bonchev–Trinajstić information content (AvgIpc) is 2.91. The number of rotatable bonds is 4. The number of hydrogen-bond donors (Lipinski definition) is 1. The van der Waals surface area contributed by atoms with Gasteiger partial charge in [-0.3, -0.25) is 14.4 Å². The molecule has 0 aliphatic carbocycles. The van der Waals surface area contributed by atoms with Crippen LogP contribution in [0.4, 0.5) is 5.69 Å². The molecule has 2 aliphatic heterocycles. The summed E-state index contributed by atoms with van der Waals surface area (Å²) in [7, 11) is 0. The van der Waals surface area contributed by atoms with Crippen LogP contribution in [-0.2, 0) is 16.0 Å². The zero-order valence-corrected chi connectivity index (χ0v) is 13.4. The van der Waals surface area contributed by atoms with Gasteiger partial charge in [-0.05, 0) is 42.5 Å². The van der Waals surface area contributed by atoms with Crippen LogP contribution in [0.15, 0.2) is 18.2 Å². The van der Waals surface area contributed by atoms with Crippen LogP contribution in [0.1, 0.15) is 48.5 Å². The van der Waals surface area contributed by atoms with E-state index in [-0.39, 0.29) is 30.4 Å². The molecule has 1 atom stereocenters. The zero-order chi connectivity index (χ0) is 16.4. The second-order valence-electron chi connectivity index (χ2n) is 6.61. The number of carbonyl (C=O) groups excluding carboxylic acids is 3. The highest BCUT2D eigenvalue weighted by Gasteiger charge is 2.22. The molecule has 23 heavy (non-hydrogen) atoms. The number of nitrogens with zero attached hydrogens (tertiary/aromatic N) is 1. The van der Waals surface area contributed by atoms with E-state index in [9.17, 15) is 14.4 Å². The molecule has 5 heteroatoms. The Bertz CT molecular complexity index is 654. The molecule has 2 heterocycles. The molecule has 1 N–H and O–H groups in total. The normalized spacial score (nSPS) is 20.1. The monoisotopic (exact) mass is 314 g/mol. The van der Waals surface area contributed by atoms with Gasteiger partial charge in [-0.1, -0.05) is 6.92 Å². The summed E-state index contributed by atoms with van der Waals surface area (Å²) >= 11 is 0. The fourth-order valence-corrected chi connectivity index (χ4v) is 3.34. The van der Waals surface area contributed by atoms with Gasteiger partial charge in [-0.25, -0.2) is 0 Å². The van der Waals surface area contributed by atoms with Crippen LogP contribution in [0.2, 0.25) is 0 Å². The lowest BCUT2D eigenvalue weighted by molar-refractivity contribution is -0.132. The summed E-state index contributed by atoms with van der Waals surface area (Å²) in [5.74, 6) is 0.539. The van der Waals surface area contributed by atoms with E-state index in [4.69, 9.17) is 0 Å². The number of benzene rings is 1. The van der Waals surface area contributed by atoms with Gasteiger partial charge >= 0.3 is 0 Å². The summed E-state index contributed by atoms with van der Waals surface area (Å²) in [5.41, 5.74) is 2.22. The van der Waals surface area contributed by atoms with E-state index in [0.29, 0.717) is 17.9 Å². The lowest BCUT2D eigenvalue weighted by Crippen LogP contribution is -2.39. The molecule has 0 saturated carbocycles. The Morgan fingerprint density at radius 3 is 2.91 bits per heavy atom. The van der Waals surface area contributed by atoms with E-state index in [2.05, 4.69) is 12.2 Å². The summed E-state index contributed by atoms with van der Waals surface area (Å²) in [6.07, 6.45) is 3.03. The lowest BCUT2D eigenvalue weighted by Gasteiger charge is -2.31. The molecule has 1 aromatic rings. The van der Waals surface area contributed by atoms with Crippen molar-refractivity contribution in [3.05, 3.63) is 29.3 Å². The highest BCUT2D eigenvalue weighted by atomic mass is 16.2. The third kappa shape index (κ3) is 3.60. The minimum Gasteiger partial charge on any atom is -0.342 e. The van der Waals surface area contributed by atoms with Crippen molar-refractivity contribution in [1.82, 2.24) is 4.90 Å². The maximum Gasteiger partial charge on any atom is 0.228 e. The van der Waals surface area contributed by atoms with Crippen LogP contribution in [-0.4, -0.2) is 35.6 Å². The molecule has 1 aromatic carbocycles. The van der Waals surface area contributed by atoms with Crippen molar-refractivity contribution in [3.8, 4) is 0 Å². The van der Waals surface area contributed by atoms with E-state index >= 15 is 0 Å². The quantitative estimate of drug-likeness (QED) is 0.868. The van der Waals surface area contributed by atoms with Gasteiger partial charge in [0, 0.05) is 37.2 Å². The number of piperidine rings is 1. The van der Waals surface area contributed by atoms with Crippen LogP contribution in [0.25, 0.3) is 0 Å². The fourth-order valence-electron chi connectivity index (χ4n) is 3.34. The van der Waals surface area contributed by atoms with Crippen molar-refractivity contribution in [1.29, 1.82) is 0 Å². The van der Waals surface area contributed by atoms with E-state index in [1.807, 2.05) is 4.90 Å². The third-order valence-corrected chi connectivity index (χ3v) is 4.63. The maximum absolute atomic E-state index is 12.3. The van der Waals surface area contributed by atoms with Crippen LogP contribution in [0.5, 0.6) is 0 Å². The molecule has 0 bridgehead atoms. The van der Waals surface area contributed by atoms with Crippen molar-refractivity contribution in [2.24, 2.45) is 5.92 Å². The number of hydrogen-bond acceptors (Lipinski definition) is 3. The summed E-state index contributed by atoms with van der Waals surface area (Å²) in [4.78, 5) is 37.8. The van der Waals surface area contributed by atoms with Crippen molar-refractivity contribution >= 4 is 23.3 Å². The number of carbonyl (C=O) groups is 3.